The van der Waals surface area contributed by atoms with Crippen molar-refractivity contribution in [3.05, 3.63) is 29.8 Å². The van der Waals surface area contributed by atoms with Gasteiger partial charge in [-0.25, -0.2) is 0 Å². The van der Waals surface area contributed by atoms with Gasteiger partial charge in [-0.1, -0.05) is 18.2 Å². The van der Waals surface area contributed by atoms with E-state index in [0.29, 0.717) is 13.2 Å². The average molecular weight is 261 g/mol. The lowest BCUT2D eigenvalue weighted by molar-refractivity contribution is -0.126. The van der Waals surface area contributed by atoms with Crippen molar-refractivity contribution in [1.82, 2.24) is 5.32 Å². The Bertz CT molecular complexity index is 482. The Kier molecular flexibility index (Phi) is 3.19. The van der Waals surface area contributed by atoms with E-state index in [4.69, 9.17) is 4.74 Å². The van der Waals surface area contributed by atoms with Gasteiger partial charge in [0.2, 0.25) is 5.91 Å². The lowest BCUT2D eigenvalue weighted by atomic mass is 9.96. The fraction of sp³-hybridized carbons (Fsp3) is 0.533. The first-order valence-electron chi connectivity index (χ1n) is 6.82. The molecule has 1 aromatic carbocycles. The molecule has 0 saturated heterocycles. The quantitative estimate of drug-likeness (QED) is 0.854. The van der Waals surface area contributed by atoms with Gasteiger partial charge < -0.3 is 15.2 Å². The second-order valence-electron chi connectivity index (χ2n) is 5.70. The summed E-state index contributed by atoms with van der Waals surface area (Å²) < 4.78 is 5.62. The minimum absolute atomic E-state index is 0.0363. The molecule has 1 aliphatic carbocycles. The Morgan fingerprint density at radius 2 is 2.21 bits per heavy atom. The van der Waals surface area contributed by atoms with Crippen LogP contribution in [-0.2, 0) is 11.2 Å². The number of rotatable bonds is 4. The first kappa shape index (κ1) is 12.5. The van der Waals surface area contributed by atoms with E-state index in [-0.39, 0.29) is 23.8 Å². The maximum Gasteiger partial charge on any atom is 0.226 e. The van der Waals surface area contributed by atoms with Gasteiger partial charge in [0.05, 0.1) is 12.5 Å². The van der Waals surface area contributed by atoms with E-state index >= 15 is 0 Å². The molecule has 0 aromatic heterocycles. The van der Waals surface area contributed by atoms with Gasteiger partial charge in [0.15, 0.2) is 0 Å². The molecular formula is C15H19NO3. The maximum atomic E-state index is 12.1. The fourth-order valence-corrected chi connectivity index (χ4v) is 2.48. The molecule has 1 heterocycles. The van der Waals surface area contributed by atoms with Gasteiger partial charge in [0, 0.05) is 12.0 Å². The smallest absolute Gasteiger partial charge is 0.226 e. The van der Waals surface area contributed by atoms with Crippen LogP contribution < -0.4 is 10.1 Å². The van der Waals surface area contributed by atoms with Crippen molar-refractivity contribution in [2.75, 3.05) is 19.8 Å². The lowest BCUT2D eigenvalue weighted by Gasteiger charge is -2.25. The third-order valence-corrected chi connectivity index (χ3v) is 4.18. The summed E-state index contributed by atoms with van der Waals surface area (Å²) in [6.45, 7) is 1.19. The van der Waals surface area contributed by atoms with Crippen LogP contribution in [-0.4, -0.2) is 30.8 Å². The number of aliphatic hydroxyl groups excluding tert-OH is 1. The highest BCUT2D eigenvalue weighted by Crippen LogP contribution is 2.44. The summed E-state index contributed by atoms with van der Waals surface area (Å²) in [7, 11) is 0. The van der Waals surface area contributed by atoms with Crippen molar-refractivity contribution >= 4 is 5.91 Å². The minimum Gasteiger partial charge on any atom is -0.492 e. The van der Waals surface area contributed by atoms with Crippen LogP contribution in [0.25, 0.3) is 0 Å². The molecule has 1 amide bonds. The van der Waals surface area contributed by atoms with Crippen LogP contribution >= 0.6 is 0 Å². The Balaban J connectivity index is 1.57. The molecule has 2 aliphatic rings. The van der Waals surface area contributed by atoms with Crippen molar-refractivity contribution in [3.8, 4) is 5.75 Å². The third kappa shape index (κ3) is 2.59. The number of benzene rings is 1. The molecule has 0 spiro atoms. The van der Waals surface area contributed by atoms with E-state index in [1.807, 2.05) is 24.3 Å². The molecule has 1 fully saturated rings. The zero-order chi connectivity index (χ0) is 13.3. The van der Waals surface area contributed by atoms with E-state index in [9.17, 15) is 9.90 Å². The van der Waals surface area contributed by atoms with Gasteiger partial charge in [0.25, 0.3) is 0 Å². The van der Waals surface area contributed by atoms with Crippen LogP contribution in [0.4, 0.5) is 0 Å². The normalized spacial score (nSPS) is 23.1. The summed E-state index contributed by atoms with van der Waals surface area (Å²) in [4.78, 5) is 12.1. The minimum atomic E-state index is -0.121. The second-order valence-corrected chi connectivity index (χ2v) is 5.70. The maximum absolute atomic E-state index is 12.1. The number of carbonyl (C=O) groups excluding carboxylic acids is 1. The lowest BCUT2D eigenvalue weighted by Crippen LogP contribution is -2.40. The highest BCUT2D eigenvalue weighted by molar-refractivity contribution is 5.79. The number of aliphatic hydroxyl groups is 1. The van der Waals surface area contributed by atoms with Gasteiger partial charge in [-0.05, 0) is 30.9 Å². The zero-order valence-corrected chi connectivity index (χ0v) is 10.9. The molecule has 1 unspecified atom stereocenters. The number of fused-ring (bicyclic) bond motifs is 1. The monoisotopic (exact) mass is 261 g/mol. The molecule has 0 radical (unpaired) electrons. The standard InChI is InChI=1S/C15H19NO3/c17-10-15(5-6-15)9-16-14(18)12-7-11-3-1-2-4-13(11)19-8-12/h1-4,12,17H,5-10H2,(H,16,18). The Morgan fingerprint density at radius 3 is 2.95 bits per heavy atom. The van der Waals surface area contributed by atoms with Crippen molar-refractivity contribution in [2.24, 2.45) is 11.3 Å². The molecule has 4 nitrogen and oxygen atoms in total. The molecule has 1 aliphatic heterocycles. The zero-order valence-electron chi connectivity index (χ0n) is 10.9. The SMILES string of the molecule is O=C(NCC1(CO)CC1)C1COc2ccccc2C1. The predicted molar refractivity (Wildman–Crippen MR) is 70.9 cm³/mol. The highest BCUT2D eigenvalue weighted by Gasteiger charge is 2.42. The van der Waals surface area contributed by atoms with Crippen LogP contribution in [0.2, 0.25) is 0 Å². The summed E-state index contributed by atoms with van der Waals surface area (Å²) in [5.74, 6) is 0.805. The number of carbonyl (C=O) groups is 1. The van der Waals surface area contributed by atoms with E-state index in [1.165, 1.54) is 0 Å². The number of para-hydroxylation sites is 1. The largest absolute Gasteiger partial charge is 0.492 e. The predicted octanol–water partition coefficient (Wildman–Crippen LogP) is 1.13. The van der Waals surface area contributed by atoms with Crippen LogP contribution in [0.1, 0.15) is 18.4 Å². The van der Waals surface area contributed by atoms with Crippen LogP contribution in [0.5, 0.6) is 5.75 Å². The van der Waals surface area contributed by atoms with Crippen molar-refractivity contribution in [1.29, 1.82) is 0 Å². The Morgan fingerprint density at radius 1 is 1.42 bits per heavy atom. The van der Waals surface area contributed by atoms with E-state index in [1.54, 1.807) is 0 Å². The van der Waals surface area contributed by atoms with Crippen molar-refractivity contribution in [2.45, 2.75) is 19.3 Å². The summed E-state index contributed by atoms with van der Waals surface area (Å²) in [5, 5.41) is 12.2. The molecule has 3 rings (SSSR count). The Hall–Kier alpha value is -1.55. The number of hydrogen-bond acceptors (Lipinski definition) is 3. The fourth-order valence-electron chi connectivity index (χ4n) is 2.48. The van der Waals surface area contributed by atoms with Gasteiger partial charge >= 0.3 is 0 Å². The number of amides is 1. The average Bonchev–Trinajstić information content (AvgIpc) is 3.25. The number of ether oxygens (including phenoxy) is 1. The molecule has 4 heteroatoms. The Labute approximate surface area is 112 Å². The highest BCUT2D eigenvalue weighted by atomic mass is 16.5. The van der Waals surface area contributed by atoms with Crippen molar-refractivity contribution < 1.29 is 14.6 Å². The molecule has 19 heavy (non-hydrogen) atoms. The molecule has 102 valence electrons. The van der Waals surface area contributed by atoms with Crippen LogP contribution in [0.3, 0.4) is 0 Å². The van der Waals surface area contributed by atoms with E-state index in [0.717, 1.165) is 30.6 Å². The summed E-state index contributed by atoms with van der Waals surface area (Å²) >= 11 is 0. The summed E-state index contributed by atoms with van der Waals surface area (Å²) in [6, 6.07) is 7.85. The number of hydrogen-bond donors (Lipinski definition) is 2. The number of nitrogens with one attached hydrogen (secondary N) is 1. The molecule has 1 aromatic rings. The molecule has 2 N–H and O–H groups in total. The molecule has 1 atom stereocenters. The summed E-state index contributed by atoms with van der Waals surface area (Å²) in [6.07, 6.45) is 2.75. The van der Waals surface area contributed by atoms with Crippen LogP contribution in [0, 0.1) is 11.3 Å². The third-order valence-electron chi connectivity index (χ3n) is 4.18. The van der Waals surface area contributed by atoms with E-state index in [2.05, 4.69) is 5.32 Å². The van der Waals surface area contributed by atoms with Crippen LogP contribution in [0.15, 0.2) is 24.3 Å². The van der Waals surface area contributed by atoms with E-state index < -0.39 is 0 Å². The van der Waals surface area contributed by atoms with Gasteiger partial charge in [-0.2, -0.15) is 0 Å². The molecule has 0 bridgehead atoms. The first-order valence-corrected chi connectivity index (χ1v) is 6.82. The first-order chi connectivity index (χ1) is 9.22. The van der Waals surface area contributed by atoms with Crippen molar-refractivity contribution in [3.63, 3.8) is 0 Å². The topological polar surface area (TPSA) is 58.6 Å². The molecule has 1 saturated carbocycles. The van der Waals surface area contributed by atoms with Gasteiger partial charge in [0.1, 0.15) is 12.4 Å². The molecular weight excluding hydrogens is 242 g/mol. The van der Waals surface area contributed by atoms with Gasteiger partial charge in [-0.3, -0.25) is 4.79 Å². The second kappa shape index (κ2) is 4.85. The summed E-state index contributed by atoms with van der Waals surface area (Å²) in [5.41, 5.74) is 1.06. The van der Waals surface area contributed by atoms with Gasteiger partial charge in [-0.15, -0.1) is 0 Å².